The van der Waals surface area contributed by atoms with Gasteiger partial charge in [0, 0.05) is 0 Å². The smallest absolute Gasteiger partial charge is 0.417 e. The highest BCUT2D eigenvalue weighted by Crippen LogP contribution is 2.13. The molecule has 0 aliphatic heterocycles. The third kappa shape index (κ3) is 7.80. The first-order chi connectivity index (χ1) is 13.9. The maximum absolute atomic E-state index is 12.8. The van der Waals surface area contributed by atoms with Gasteiger partial charge in [0.2, 0.25) is 5.91 Å². The summed E-state index contributed by atoms with van der Waals surface area (Å²) in [6.07, 6.45) is -2.01. The predicted molar refractivity (Wildman–Crippen MR) is 107 cm³/mol. The number of benzene rings is 1. The van der Waals surface area contributed by atoms with Gasteiger partial charge in [-0.15, -0.1) is 0 Å². The zero-order chi connectivity index (χ0) is 23.1. The van der Waals surface area contributed by atoms with Crippen molar-refractivity contribution in [3.05, 3.63) is 29.8 Å². The van der Waals surface area contributed by atoms with Crippen molar-refractivity contribution in [1.82, 2.24) is 10.2 Å². The molecule has 0 fully saturated rings. The van der Waals surface area contributed by atoms with Crippen LogP contribution in [0.1, 0.15) is 33.3 Å². The van der Waals surface area contributed by atoms with Gasteiger partial charge in [0.15, 0.2) is 0 Å². The molecule has 0 saturated carbocycles. The Bertz CT molecular complexity index is 757. The summed E-state index contributed by atoms with van der Waals surface area (Å²) in [5, 5.41) is 21.6. The van der Waals surface area contributed by atoms with Crippen molar-refractivity contribution in [3.8, 4) is 5.75 Å². The Hall–Kier alpha value is -2.98. The second-order valence-corrected chi connectivity index (χ2v) is 7.80. The van der Waals surface area contributed by atoms with Gasteiger partial charge < -0.3 is 30.8 Å². The number of aliphatic hydroxyl groups excluding tert-OH is 1. The number of ether oxygens (including phenoxy) is 1. The third-order valence-corrected chi connectivity index (χ3v) is 3.91. The Labute approximate surface area is 175 Å². The molecule has 0 saturated heterocycles. The molecule has 0 spiro atoms. The summed E-state index contributed by atoms with van der Waals surface area (Å²) < 4.78 is 5.11. The Morgan fingerprint density at radius 3 is 2.27 bits per heavy atom. The summed E-state index contributed by atoms with van der Waals surface area (Å²) in [5.74, 6) is -1.68. The van der Waals surface area contributed by atoms with E-state index in [4.69, 9.17) is 10.5 Å². The van der Waals surface area contributed by atoms with Crippen LogP contribution >= 0.6 is 0 Å². The van der Waals surface area contributed by atoms with Crippen molar-refractivity contribution in [3.63, 3.8) is 0 Å². The van der Waals surface area contributed by atoms with Gasteiger partial charge in [-0.05, 0) is 51.8 Å². The molecule has 1 aromatic rings. The predicted octanol–water partition coefficient (Wildman–Crippen LogP) is 0.0902. The number of phenols is 1. The van der Waals surface area contributed by atoms with E-state index in [9.17, 15) is 29.4 Å². The molecule has 0 radical (unpaired) electrons. The standard InChI is InChI=1S/C20H29N3O7/c1-12(25)16(18(28)23(9-10-24)19(29)30-20(2,3)4)22-17(27)15(21)11-13-5-7-14(26)8-6-13/h5-8,10,12,15-16,25-26H,9,11,21H2,1-4H3,(H,22,27)/t12-,15-,16+/m0/s1. The number of aromatic hydroxyl groups is 1. The number of hydrogen-bond donors (Lipinski definition) is 4. The van der Waals surface area contributed by atoms with Crippen LogP contribution in [-0.4, -0.2) is 69.6 Å². The third-order valence-electron chi connectivity index (χ3n) is 3.91. The molecule has 0 unspecified atom stereocenters. The topological polar surface area (TPSA) is 159 Å². The summed E-state index contributed by atoms with van der Waals surface area (Å²) in [7, 11) is 0. The summed E-state index contributed by atoms with van der Waals surface area (Å²) in [4.78, 5) is 49.0. The first-order valence-corrected chi connectivity index (χ1v) is 9.35. The van der Waals surface area contributed by atoms with E-state index in [-0.39, 0.29) is 12.2 Å². The van der Waals surface area contributed by atoms with Crippen molar-refractivity contribution in [2.45, 2.75) is 57.9 Å². The molecule has 0 aliphatic rings. The molecule has 10 heteroatoms. The van der Waals surface area contributed by atoms with Gasteiger partial charge in [-0.25, -0.2) is 9.69 Å². The number of nitrogens with zero attached hydrogens (tertiary/aromatic N) is 1. The number of hydrogen-bond acceptors (Lipinski definition) is 8. The van der Waals surface area contributed by atoms with E-state index < -0.39 is 48.2 Å². The molecule has 10 nitrogen and oxygen atoms in total. The van der Waals surface area contributed by atoms with Crippen LogP contribution < -0.4 is 11.1 Å². The maximum Gasteiger partial charge on any atom is 0.417 e. The molecule has 0 heterocycles. The van der Waals surface area contributed by atoms with E-state index in [1.165, 1.54) is 19.1 Å². The number of carbonyl (C=O) groups excluding carboxylic acids is 4. The number of carbonyl (C=O) groups is 4. The van der Waals surface area contributed by atoms with Gasteiger partial charge in [-0.3, -0.25) is 9.59 Å². The fraction of sp³-hybridized carbons (Fsp3) is 0.500. The minimum atomic E-state index is -1.52. The highest BCUT2D eigenvalue weighted by Gasteiger charge is 2.36. The first-order valence-electron chi connectivity index (χ1n) is 9.35. The minimum Gasteiger partial charge on any atom is -0.508 e. The van der Waals surface area contributed by atoms with Crippen LogP contribution in [0.4, 0.5) is 4.79 Å². The largest absolute Gasteiger partial charge is 0.508 e. The van der Waals surface area contributed by atoms with E-state index >= 15 is 0 Å². The molecule has 3 atom stereocenters. The summed E-state index contributed by atoms with van der Waals surface area (Å²) in [5.41, 5.74) is 5.64. The van der Waals surface area contributed by atoms with Crippen molar-refractivity contribution >= 4 is 24.2 Å². The average Bonchev–Trinajstić information content (AvgIpc) is 2.63. The van der Waals surface area contributed by atoms with Gasteiger partial charge in [0.05, 0.1) is 18.7 Å². The van der Waals surface area contributed by atoms with Crippen LogP contribution in [0, 0.1) is 0 Å². The van der Waals surface area contributed by atoms with Gasteiger partial charge in [0.25, 0.3) is 5.91 Å². The van der Waals surface area contributed by atoms with E-state index in [0.717, 1.165) is 0 Å². The lowest BCUT2D eigenvalue weighted by Gasteiger charge is -2.29. The van der Waals surface area contributed by atoms with E-state index in [1.54, 1.807) is 32.9 Å². The second kappa shape index (κ2) is 10.7. The number of aliphatic hydroxyl groups is 1. The lowest BCUT2D eigenvalue weighted by Crippen LogP contribution is -2.58. The van der Waals surface area contributed by atoms with Crippen LogP contribution in [0.15, 0.2) is 24.3 Å². The molecule has 0 aliphatic carbocycles. The number of phenolic OH excluding ortho intramolecular Hbond substituents is 1. The first kappa shape index (κ1) is 25.1. The van der Waals surface area contributed by atoms with Crippen LogP contribution in [0.25, 0.3) is 0 Å². The number of imide groups is 1. The number of nitrogens with one attached hydrogen (secondary N) is 1. The fourth-order valence-corrected chi connectivity index (χ4v) is 2.44. The monoisotopic (exact) mass is 423 g/mol. The van der Waals surface area contributed by atoms with Crippen molar-refractivity contribution < 1.29 is 34.1 Å². The molecule has 1 rings (SSSR count). The van der Waals surface area contributed by atoms with Crippen LogP contribution in [-0.2, 0) is 25.5 Å². The fourth-order valence-electron chi connectivity index (χ4n) is 2.44. The van der Waals surface area contributed by atoms with Crippen molar-refractivity contribution in [1.29, 1.82) is 0 Å². The normalized spacial score (nSPS) is 14.2. The van der Waals surface area contributed by atoms with Crippen LogP contribution in [0.5, 0.6) is 5.75 Å². The van der Waals surface area contributed by atoms with Crippen LogP contribution in [0.3, 0.4) is 0 Å². The maximum atomic E-state index is 12.8. The minimum absolute atomic E-state index is 0.0638. The molecule has 30 heavy (non-hydrogen) atoms. The van der Waals surface area contributed by atoms with Crippen LogP contribution in [0.2, 0.25) is 0 Å². The van der Waals surface area contributed by atoms with Gasteiger partial charge in [-0.1, -0.05) is 12.1 Å². The SMILES string of the molecule is C[C@H](O)[C@@H](NC(=O)[C@@H](N)Cc1ccc(O)cc1)C(=O)N(CC=O)C(=O)OC(C)(C)C. The molecule has 166 valence electrons. The van der Waals surface area contributed by atoms with Crippen molar-refractivity contribution in [2.75, 3.05) is 6.54 Å². The molecule has 1 aromatic carbocycles. The number of aldehydes is 1. The summed E-state index contributed by atoms with van der Waals surface area (Å²) in [6.45, 7) is 5.41. The van der Waals surface area contributed by atoms with Gasteiger partial charge in [-0.2, -0.15) is 0 Å². The summed E-state index contributed by atoms with van der Waals surface area (Å²) in [6, 6.07) is 3.49. The summed E-state index contributed by atoms with van der Waals surface area (Å²) >= 11 is 0. The molecular formula is C20H29N3O7. The van der Waals surface area contributed by atoms with E-state index in [2.05, 4.69) is 5.32 Å². The highest BCUT2D eigenvalue weighted by atomic mass is 16.6. The number of nitrogens with two attached hydrogens (primary N) is 1. The Balaban J connectivity index is 2.92. The Morgan fingerprint density at radius 2 is 1.80 bits per heavy atom. The quantitative estimate of drug-likeness (QED) is 0.428. The zero-order valence-corrected chi connectivity index (χ0v) is 17.5. The number of amides is 3. The molecule has 0 bridgehead atoms. The number of rotatable bonds is 8. The molecule has 5 N–H and O–H groups in total. The molecule has 3 amide bonds. The van der Waals surface area contributed by atoms with Crippen molar-refractivity contribution in [2.24, 2.45) is 5.73 Å². The van der Waals surface area contributed by atoms with E-state index in [0.29, 0.717) is 16.7 Å². The van der Waals surface area contributed by atoms with E-state index in [1.807, 2.05) is 0 Å². The second-order valence-electron chi connectivity index (χ2n) is 7.80. The highest BCUT2D eigenvalue weighted by molar-refractivity contribution is 5.99. The zero-order valence-electron chi connectivity index (χ0n) is 17.5. The Kier molecular flexibility index (Phi) is 8.94. The average molecular weight is 423 g/mol. The lowest BCUT2D eigenvalue weighted by molar-refractivity contribution is -0.139. The Morgan fingerprint density at radius 1 is 1.23 bits per heavy atom. The van der Waals surface area contributed by atoms with Gasteiger partial charge >= 0.3 is 6.09 Å². The lowest BCUT2D eigenvalue weighted by atomic mass is 10.0. The molecule has 0 aromatic heterocycles. The molecular weight excluding hydrogens is 394 g/mol. The van der Waals surface area contributed by atoms with Gasteiger partial charge in [0.1, 0.15) is 23.7 Å².